The molecule has 0 atom stereocenters. The number of ether oxygens (including phenoxy) is 5. The van der Waals surface area contributed by atoms with Gasteiger partial charge in [-0.2, -0.15) is 0 Å². The number of carbonyl (C=O) groups is 2. The zero-order valence-electron chi connectivity index (χ0n) is 31.2. The van der Waals surface area contributed by atoms with Gasteiger partial charge in [0.05, 0.1) is 39.6 Å². The third-order valence-electron chi connectivity index (χ3n) is 9.44. The zero-order chi connectivity index (χ0) is 35.5. The second kappa shape index (κ2) is 26.8. The molecule has 0 unspecified atom stereocenters. The summed E-state index contributed by atoms with van der Waals surface area (Å²) in [6.45, 7) is 5.78. The van der Waals surface area contributed by atoms with E-state index in [0.717, 1.165) is 12.8 Å². The molecule has 0 saturated heterocycles. The lowest BCUT2D eigenvalue weighted by Crippen LogP contribution is -2.32. The van der Waals surface area contributed by atoms with Gasteiger partial charge in [-0.15, -0.1) is 0 Å². The zero-order valence-corrected chi connectivity index (χ0v) is 31.2. The highest BCUT2D eigenvalue weighted by atomic mass is 16.6. The van der Waals surface area contributed by atoms with Crippen LogP contribution in [0.25, 0.3) is 11.1 Å². The van der Waals surface area contributed by atoms with E-state index in [1.807, 2.05) is 24.3 Å². The van der Waals surface area contributed by atoms with Gasteiger partial charge < -0.3 is 28.6 Å². The fraction of sp³-hybridized carbons (Fsp3) is 0.667. The van der Waals surface area contributed by atoms with Gasteiger partial charge in [0, 0.05) is 25.9 Å². The first-order chi connectivity index (χ1) is 24.6. The largest absolute Gasteiger partial charge is 0.463 e. The number of amides is 1. The summed E-state index contributed by atoms with van der Waals surface area (Å²) >= 11 is 0. The van der Waals surface area contributed by atoms with Gasteiger partial charge in [-0.05, 0) is 28.7 Å². The molecule has 0 saturated carbocycles. The van der Waals surface area contributed by atoms with E-state index in [2.05, 4.69) is 31.2 Å². The summed E-state index contributed by atoms with van der Waals surface area (Å²) in [4.78, 5) is 26.1. The smallest absolute Gasteiger partial charge is 0.409 e. The van der Waals surface area contributed by atoms with Crippen LogP contribution in [0.2, 0.25) is 0 Å². The number of hydrogen-bond donors (Lipinski definition) is 0. The van der Waals surface area contributed by atoms with Crippen LogP contribution in [0, 0.1) is 0 Å². The molecule has 8 nitrogen and oxygen atoms in total. The number of likely N-dealkylation sites (N-methyl/N-ethyl adjacent to an activating group) is 1. The van der Waals surface area contributed by atoms with E-state index >= 15 is 0 Å². The molecule has 0 radical (unpaired) electrons. The molecule has 1 amide bonds. The van der Waals surface area contributed by atoms with Crippen molar-refractivity contribution in [1.29, 1.82) is 0 Å². The average molecular weight is 696 g/mol. The van der Waals surface area contributed by atoms with E-state index in [0.29, 0.717) is 59.2 Å². The molecular formula is C42H65NO7. The van der Waals surface area contributed by atoms with Gasteiger partial charge in [-0.1, -0.05) is 145 Å². The molecule has 0 aromatic heterocycles. The number of rotatable bonds is 30. The maximum Gasteiger partial charge on any atom is 0.409 e. The van der Waals surface area contributed by atoms with Crippen LogP contribution >= 0.6 is 0 Å². The van der Waals surface area contributed by atoms with Crippen LogP contribution < -0.4 is 0 Å². The lowest BCUT2D eigenvalue weighted by Gasteiger charge is -2.19. The maximum absolute atomic E-state index is 12.6. The summed E-state index contributed by atoms with van der Waals surface area (Å²) in [5.74, 6) is -0.0957. The summed E-state index contributed by atoms with van der Waals surface area (Å²) in [6.07, 6.45) is 19.8. The molecular weight excluding hydrogens is 630 g/mol. The van der Waals surface area contributed by atoms with E-state index in [1.54, 1.807) is 7.05 Å². The number of esters is 1. The van der Waals surface area contributed by atoms with Crippen LogP contribution in [0.3, 0.4) is 0 Å². The second-order valence-electron chi connectivity index (χ2n) is 13.5. The highest BCUT2D eigenvalue weighted by Gasteiger charge is 2.29. The molecule has 0 heterocycles. The number of benzene rings is 2. The lowest BCUT2D eigenvalue weighted by atomic mass is 9.98. The number of carbonyl (C=O) groups excluding carboxylic acids is 2. The predicted molar refractivity (Wildman–Crippen MR) is 201 cm³/mol. The Morgan fingerprint density at radius 2 is 1.00 bits per heavy atom. The SMILES string of the molecule is CCCCCCCCCCCCCCCCCC(=O)OCCOCCOCCOCCN(C)C(=O)OCC1c2ccccc2-c2ccccc21. The molecule has 0 bridgehead atoms. The molecule has 0 N–H and O–H groups in total. The molecule has 2 aromatic carbocycles. The minimum Gasteiger partial charge on any atom is -0.463 e. The molecule has 1 aliphatic rings. The Morgan fingerprint density at radius 3 is 1.52 bits per heavy atom. The standard InChI is InChI=1S/C42H65NO7/c1-3-4-5-6-7-8-9-10-11-12-13-14-15-16-17-26-41(44)49-34-33-48-32-31-47-30-29-46-28-27-43(2)42(45)50-35-40-38-24-20-18-22-36(38)37-23-19-21-25-39(37)40/h18-25,40H,3-17,26-35H2,1-2H3. The first kappa shape index (κ1) is 41.5. The maximum atomic E-state index is 12.6. The van der Waals surface area contributed by atoms with Gasteiger partial charge in [0.25, 0.3) is 0 Å². The number of unbranched alkanes of at least 4 members (excludes halogenated alkanes) is 14. The van der Waals surface area contributed by atoms with Crippen molar-refractivity contribution in [3.8, 4) is 11.1 Å². The van der Waals surface area contributed by atoms with E-state index < -0.39 is 0 Å². The molecule has 8 heteroatoms. The molecule has 0 aliphatic heterocycles. The first-order valence-electron chi connectivity index (χ1n) is 19.6. The number of fused-ring (bicyclic) bond motifs is 3. The van der Waals surface area contributed by atoms with Crippen molar-refractivity contribution >= 4 is 12.1 Å². The quantitative estimate of drug-likeness (QED) is 0.0594. The van der Waals surface area contributed by atoms with Crippen LogP contribution in [0.15, 0.2) is 48.5 Å². The Morgan fingerprint density at radius 1 is 0.560 bits per heavy atom. The van der Waals surface area contributed by atoms with E-state index in [-0.39, 0.29) is 24.6 Å². The fourth-order valence-corrected chi connectivity index (χ4v) is 6.47. The minimum atomic E-state index is -0.362. The summed E-state index contributed by atoms with van der Waals surface area (Å²) in [7, 11) is 1.72. The highest BCUT2D eigenvalue weighted by Crippen LogP contribution is 2.44. The molecule has 50 heavy (non-hydrogen) atoms. The van der Waals surface area contributed by atoms with Crippen LogP contribution in [-0.4, -0.2) is 83.4 Å². The van der Waals surface area contributed by atoms with Gasteiger partial charge >= 0.3 is 12.1 Å². The Bertz CT molecular complexity index is 1140. The van der Waals surface area contributed by atoms with Crippen molar-refractivity contribution in [1.82, 2.24) is 4.90 Å². The number of nitrogens with zero attached hydrogens (tertiary/aromatic N) is 1. The van der Waals surface area contributed by atoms with E-state index in [1.165, 1.54) is 111 Å². The van der Waals surface area contributed by atoms with Gasteiger partial charge in [-0.3, -0.25) is 4.79 Å². The molecule has 0 fully saturated rings. The molecule has 3 rings (SSSR count). The Balaban J connectivity index is 1.04. The minimum absolute atomic E-state index is 0.0423. The third-order valence-corrected chi connectivity index (χ3v) is 9.44. The van der Waals surface area contributed by atoms with E-state index in [9.17, 15) is 9.59 Å². The van der Waals surface area contributed by atoms with Crippen LogP contribution in [0.4, 0.5) is 4.79 Å². The van der Waals surface area contributed by atoms with Crippen molar-refractivity contribution in [3.63, 3.8) is 0 Å². The van der Waals surface area contributed by atoms with E-state index in [4.69, 9.17) is 23.7 Å². The van der Waals surface area contributed by atoms with Crippen LogP contribution in [-0.2, 0) is 28.5 Å². The summed E-state index contributed by atoms with van der Waals surface area (Å²) in [5.41, 5.74) is 4.81. The third kappa shape index (κ3) is 16.8. The fourth-order valence-electron chi connectivity index (χ4n) is 6.47. The second-order valence-corrected chi connectivity index (χ2v) is 13.5. The van der Waals surface area contributed by atoms with Gasteiger partial charge in [0.2, 0.25) is 0 Å². The summed E-state index contributed by atoms with van der Waals surface area (Å²) in [5, 5.41) is 0. The molecule has 2 aromatic rings. The normalized spacial score (nSPS) is 12.1. The number of hydrogen-bond acceptors (Lipinski definition) is 7. The first-order valence-corrected chi connectivity index (χ1v) is 19.6. The lowest BCUT2D eigenvalue weighted by molar-refractivity contribution is -0.145. The van der Waals surface area contributed by atoms with Crippen molar-refractivity contribution in [2.75, 3.05) is 66.4 Å². The molecule has 0 spiro atoms. The Labute approximate surface area is 302 Å². The predicted octanol–water partition coefficient (Wildman–Crippen LogP) is 9.72. The van der Waals surface area contributed by atoms with Crippen molar-refractivity contribution < 1.29 is 33.3 Å². The highest BCUT2D eigenvalue weighted by molar-refractivity contribution is 5.79. The Hall–Kier alpha value is -2.94. The molecule has 1 aliphatic carbocycles. The summed E-state index contributed by atoms with van der Waals surface area (Å²) < 4.78 is 27.6. The van der Waals surface area contributed by atoms with Gasteiger partial charge in [-0.25, -0.2) is 4.79 Å². The van der Waals surface area contributed by atoms with Crippen molar-refractivity contribution in [3.05, 3.63) is 59.7 Å². The van der Waals surface area contributed by atoms with Crippen LogP contribution in [0.5, 0.6) is 0 Å². The van der Waals surface area contributed by atoms with Gasteiger partial charge in [0.1, 0.15) is 13.2 Å². The topological polar surface area (TPSA) is 83.5 Å². The van der Waals surface area contributed by atoms with Crippen molar-refractivity contribution in [2.24, 2.45) is 0 Å². The molecule has 280 valence electrons. The Kier molecular flexibility index (Phi) is 22.2. The average Bonchev–Trinajstić information content (AvgIpc) is 3.45. The summed E-state index contributed by atoms with van der Waals surface area (Å²) in [6, 6.07) is 16.6. The van der Waals surface area contributed by atoms with Crippen LogP contribution in [0.1, 0.15) is 127 Å². The monoisotopic (exact) mass is 695 g/mol. The van der Waals surface area contributed by atoms with Crippen molar-refractivity contribution in [2.45, 2.75) is 116 Å². The van der Waals surface area contributed by atoms with Gasteiger partial charge in [0.15, 0.2) is 0 Å².